The van der Waals surface area contributed by atoms with E-state index in [1.807, 2.05) is 6.20 Å². The highest BCUT2D eigenvalue weighted by atomic mass is 15.1. The van der Waals surface area contributed by atoms with Crippen molar-refractivity contribution in [3.63, 3.8) is 0 Å². The number of piperidine rings is 1. The average Bonchev–Trinajstić information content (AvgIpc) is 2.40. The molecule has 0 bridgehead atoms. The highest BCUT2D eigenvalue weighted by molar-refractivity contribution is 5.41. The van der Waals surface area contributed by atoms with E-state index in [1.165, 1.54) is 18.4 Å². The van der Waals surface area contributed by atoms with Gasteiger partial charge in [0.1, 0.15) is 5.82 Å². The van der Waals surface area contributed by atoms with E-state index in [-0.39, 0.29) is 5.41 Å². The zero-order valence-corrected chi connectivity index (χ0v) is 11.8. The van der Waals surface area contributed by atoms with Gasteiger partial charge in [-0.05, 0) is 48.9 Å². The third-order valence-corrected chi connectivity index (χ3v) is 4.07. The maximum atomic E-state index is 4.44. The first kappa shape index (κ1) is 13.3. The Labute approximate surface area is 110 Å². The molecule has 3 nitrogen and oxygen atoms in total. The fourth-order valence-electron chi connectivity index (χ4n) is 2.32. The lowest BCUT2D eigenvalue weighted by Gasteiger charge is -2.26. The van der Waals surface area contributed by atoms with Gasteiger partial charge in [0.25, 0.3) is 0 Å². The van der Waals surface area contributed by atoms with Crippen LogP contribution in [0.4, 0.5) is 5.82 Å². The molecule has 0 aliphatic carbocycles. The van der Waals surface area contributed by atoms with Crippen LogP contribution in [0.15, 0.2) is 18.3 Å². The molecule has 2 rings (SSSR count). The quantitative estimate of drug-likeness (QED) is 0.859. The van der Waals surface area contributed by atoms with Crippen molar-refractivity contribution in [2.75, 3.05) is 18.4 Å². The van der Waals surface area contributed by atoms with Gasteiger partial charge in [0.05, 0.1) is 0 Å². The van der Waals surface area contributed by atoms with Crippen LogP contribution in [0.25, 0.3) is 0 Å². The van der Waals surface area contributed by atoms with Gasteiger partial charge >= 0.3 is 0 Å². The van der Waals surface area contributed by atoms with E-state index in [0.29, 0.717) is 6.04 Å². The standard InChI is InChI=1S/C15H25N3/c1-4-15(2,3)12-7-9-17-14(10-12)18-13-6-5-8-16-11-13/h7,9-10,13,16H,4-6,8,11H2,1-3H3,(H,17,18). The molecule has 1 fully saturated rings. The third-order valence-electron chi connectivity index (χ3n) is 4.07. The average molecular weight is 247 g/mol. The highest BCUT2D eigenvalue weighted by Gasteiger charge is 2.19. The summed E-state index contributed by atoms with van der Waals surface area (Å²) in [5.74, 6) is 1.02. The maximum absolute atomic E-state index is 4.44. The Balaban J connectivity index is 2.07. The van der Waals surface area contributed by atoms with Gasteiger partial charge in [-0.3, -0.25) is 0 Å². The first-order valence-electron chi connectivity index (χ1n) is 7.05. The van der Waals surface area contributed by atoms with Crippen LogP contribution in [0.2, 0.25) is 0 Å². The molecule has 18 heavy (non-hydrogen) atoms. The second-order valence-electron chi connectivity index (χ2n) is 5.85. The zero-order chi connectivity index (χ0) is 13.0. The molecule has 2 N–H and O–H groups in total. The Morgan fingerprint density at radius 2 is 2.33 bits per heavy atom. The van der Waals surface area contributed by atoms with Crippen molar-refractivity contribution in [1.29, 1.82) is 0 Å². The number of pyridine rings is 1. The summed E-state index contributed by atoms with van der Waals surface area (Å²) in [5, 5.41) is 6.96. The molecular weight excluding hydrogens is 222 g/mol. The normalized spacial score (nSPS) is 20.7. The minimum Gasteiger partial charge on any atom is -0.366 e. The molecule has 1 aliphatic rings. The summed E-state index contributed by atoms with van der Waals surface area (Å²) in [6, 6.07) is 4.86. The molecule has 0 saturated carbocycles. The van der Waals surface area contributed by atoms with Gasteiger partial charge < -0.3 is 10.6 Å². The monoisotopic (exact) mass is 247 g/mol. The van der Waals surface area contributed by atoms with Crippen LogP contribution in [0.1, 0.15) is 45.6 Å². The number of nitrogens with zero attached hydrogens (tertiary/aromatic N) is 1. The fraction of sp³-hybridized carbons (Fsp3) is 0.667. The number of nitrogens with one attached hydrogen (secondary N) is 2. The summed E-state index contributed by atoms with van der Waals surface area (Å²) in [7, 11) is 0. The second kappa shape index (κ2) is 5.70. The van der Waals surface area contributed by atoms with E-state index in [1.54, 1.807) is 0 Å². The van der Waals surface area contributed by atoms with Crippen LogP contribution >= 0.6 is 0 Å². The Hall–Kier alpha value is -1.09. The lowest BCUT2D eigenvalue weighted by molar-refractivity contribution is 0.478. The molecule has 1 aromatic heterocycles. The molecule has 0 spiro atoms. The van der Waals surface area contributed by atoms with E-state index in [2.05, 4.69) is 48.5 Å². The number of hydrogen-bond acceptors (Lipinski definition) is 3. The molecule has 1 aromatic rings. The van der Waals surface area contributed by atoms with Crippen molar-refractivity contribution >= 4 is 5.82 Å². The zero-order valence-electron chi connectivity index (χ0n) is 11.8. The summed E-state index contributed by atoms with van der Waals surface area (Å²) in [6.45, 7) is 9.00. The number of rotatable bonds is 4. The van der Waals surface area contributed by atoms with Crippen molar-refractivity contribution in [2.45, 2.75) is 51.5 Å². The number of aromatic nitrogens is 1. The second-order valence-corrected chi connectivity index (χ2v) is 5.85. The first-order chi connectivity index (χ1) is 8.62. The minimum absolute atomic E-state index is 0.226. The molecule has 1 atom stereocenters. The van der Waals surface area contributed by atoms with Crippen LogP contribution in [0, 0.1) is 0 Å². The highest BCUT2D eigenvalue weighted by Crippen LogP contribution is 2.27. The minimum atomic E-state index is 0.226. The molecule has 0 aromatic carbocycles. The molecule has 1 aliphatic heterocycles. The number of anilines is 1. The molecule has 2 heterocycles. The summed E-state index contributed by atoms with van der Waals surface area (Å²) >= 11 is 0. The molecule has 1 saturated heterocycles. The van der Waals surface area contributed by atoms with E-state index < -0.39 is 0 Å². The number of hydrogen-bond donors (Lipinski definition) is 2. The van der Waals surface area contributed by atoms with Crippen LogP contribution in [-0.2, 0) is 5.41 Å². The van der Waals surface area contributed by atoms with Crippen LogP contribution in [0.5, 0.6) is 0 Å². The predicted molar refractivity (Wildman–Crippen MR) is 77.1 cm³/mol. The molecule has 100 valence electrons. The van der Waals surface area contributed by atoms with Gasteiger partial charge in [-0.15, -0.1) is 0 Å². The predicted octanol–water partition coefficient (Wildman–Crippen LogP) is 2.93. The van der Waals surface area contributed by atoms with Crippen molar-refractivity contribution in [2.24, 2.45) is 0 Å². The largest absolute Gasteiger partial charge is 0.366 e. The van der Waals surface area contributed by atoms with Gasteiger partial charge in [-0.25, -0.2) is 4.98 Å². The van der Waals surface area contributed by atoms with Gasteiger partial charge in [0.2, 0.25) is 0 Å². The van der Waals surface area contributed by atoms with E-state index >= 15 is 0 Å². The molecular formula is C15H25N3. The lowest BCUT2D eigenvalue weighted by atomic mass is 9.83. The summed E-state index contributed by atoms with van der Waals surface area (Å²) in [4.78, 5) is 4.44. The van der Waals surface area contributed by atoms with Gasteiger partial charge in [-0.1, -0.05) is 20.8 Å². The summed E-state index contributed by atoms with van der Waals surface area (Å²) in [5.41, 5.74) is 1.59. The Morgan fingerprint density at radius 1 is 1.50 bits per heavy atom. The molecule has 0 radical (unpaired) electrons. The Bertz CT molecular complexity index is 381. The first-order valence-corrected chi connectivity index (χ1v) is 7.05. The van der Waals surface area contributed by atoms with Gasteiger partial charge in [0, 0.05) is 18.8 Å². The van der Waals surface area contributed by atoms with Crippen molar-refractivity contribution in [1.82, 2.24) is 10.3 Å². The Morgan fingerprint density at radius 3 is 3.00 bits per heavy atom. The van der Waals surface area contributed by atoms with Gasteiger partial charge in [0.15, 0.2) is 0 Å². The smallest absolute Gasteiger partial charge is 0.126 e. The van der Waals surface area contributed by atoms with Crippen LogP contribution in [-0.4, -0.2) is 24.1 Å². The topological polar surface area (TPSA) is 37.0 Å². The van der Waals surface area contributed by atoms with Crippen molar-refractivity contribution < 1.29 is 0 Å². The summed E-state index contributed by atoms with van der Waals surface area (Å²) in [6.07, 6.45) is 5.54. The molecule has 3 heteroatoms. The van der Waals surface area contributed by atoms with E-state index in [0.717, 1.165) is 25.3 Å². The maximum Gasteiger partial charge on any atom is 0.126 e. The molecule has 0 amide bonds. The van der Waals surface area contributed by atoms with E-state index in [9.17, 15) is 0 Å². The SMILES string of the molecule is CCC(C)(C)c1ccnc(NC2CCCNC2)c1. The lowest BCUT2D eigenvalue weighted by Crippen LogP contribution is -2.38. The van der Waals surface area contributed by atoms with Crippen LogP contribution < -0.4 is 10.6 Å². The third kappa shape index (κ3) is 3.22. The fourth-order valence-corrected chi connectivity index (χ4v) is 2.32. The van der Waals surface area contributed by atoms with Gasteiger partial charge in [-0.2, -0.15) is 0 Å². The van der Waals surface area contributed by atoms with Crippen molar-refractivity contribution in [3.8, 4) is 0 Å². The van der Waals surface area contributed by atoms with Crippen LogP contribution in [0.3, 0.4) is 0 Å². The Kier molecular flexibility index (Phi) is 4.23. The van der Waals surface area contributed by atoms with E-state index in [4.69, 9.17) is 0 Å². The molecule has 1 unspecified atom stereocenters. The summed E-state index contributed by atoms with van der Waals surface area (Å²) < 4.78 is 0. The van der Waals surface area contributed by atoms with Crippen molar-refractivity contribution in [3.05, 3.63) is 23.9 Å².